The average Bonchev–Trinajstić information content (AvgIpc) is 3.04. The van der Waals surface area contributed by atoms with Gasteiger partial charge in [0.2, 0.25) is 11.8 Å². The number of carbonyl (C=O) groups excluding carboxylic acids is 2. The van der Waals surface area contributed by atoms with Gasteiger partial charge < -0.3 is 20.1 Å². The van der Waals surface area contributed by atoms with Gasteiger partial charge in [-0.05, 0) is 43.7 Å². The average molecular weight is 398 g/mol. The Morgan fingerprint density at radius 2 is 2.14 bits per heavy atom. The van der Waals surface area contributed by atoms with Crippen LogP contribution in [0.3, 0.4) is 0 Å². The number of ether oxygens (including phenoxy) is 2. The minimum Gasteiger partial charge on any atom is -0.494 e. The fraction of sp³-hybridized carbons (Fsp3) is 0.364. The summed E-state index contributed by atoms with van der Waals surface area (Å²) in [5, 5.41) is 5.52. The first-order chi connectivity index (χ1) is 13.9. The highest BCUT2D eigenvalue weighted by Gasteiger charge is 2.31. The fourth-order valence-electron chi connectivity index (χ4n) is 3.89. The van der Waals surface area contributed by atoms with Gasteiger partial charge in [-0.15, -0.1) is 0 Å². The number of benzene rings is 2. The maximum absolute atomic E-state index is 13.5. The standard InChI is InChI=1S/C22H23FN2O4/c1-3-28-19-7-13-6-12(2)29-20(13)8-14(19)11-24-22(27)17-10-21(26)25-18-9-15(23)4-5-16(17)18/h4-5,7-9,12,17H,3,6,10-11H2,1-2H3,(H,24,27)(H,25,26)/t12-,17-/m1/s1. The Balaban J connectivity index is 1.53. The number of hydrogen-bond acceptors (Lipinski definition) is 4. The summed E-state index contributed by atoms with van der Waals surface area (Å²) in [7, 11) is 0. The van der Waals surface area contributed by atoms with Gasteiger partial charge in [0.05, 0.1) is 12.5 Å². The van der Waals surface area contributed by atoms with Crippen LogP contribution in [0.1, 0.15) is 42.9 Å². The van der Waals surface area contributed by atoms with Gasteiger partial charge in [-0.1, -0.05) is 6.07 Å². The van der Waals surface area contributed by atoms with Gasteiger partial charge in [-0.25, -0.2) is 4.39 Å². The van der Waals surface area contributed by atoms with Crippen molar-refractivity contribution < 1.29 is 23.5 Å². The lowest BCUT2D eigenvalue weighted by Gasteiger charge is -2.25. The van der Waals surface area contributed by atoms with E-state index in [1.807, 2.05) is 26.0 Å². The molecule has 6 nitrogen and oxygen atoms in total. The second-order valence-corrected chi connectivity index (χ2v) is 7.39. The lowest BCUT2D eigenvalue weighted by Crippen LogP contribution is -2.34. The van der Waals surface area contributed by atoms with E-state index < -0.39 is 11.7 Å². The summed E-state index contributed by atoms with van der Waals surface area (Å²) in [5.41, 5.74) is 2.86. The van der Waals surface area contributed by atoms with E-state index in [-0.39, 0.29) is 30.9 Å². The molecular formula is C22H23FN2O4. The van der Waals surface area contributed by atoms with Crippen molar-refractivity contribution in [2.75, 3.05) is 11.9 Å². The smallest absolute Gasteiger partial charge is 0.228 e. The number of rotatable bonds is 5. The SMILES string of the molecule is CCOc1cc2c(cc1CNC(=O)[C@@H]1CC(=O)Nc3cc(F)ccc31)O[C@H](C)C2. The predicted molar refractivity (Wildman–Crippen MR) is 106 cm³/mol. The van der Waals surface area contributed by atoms with E-state index in [2.05, 4.69) is 10.6 Å². The number of nitrogens with one attached hydrogen (secondary N) is 2. The predicted octanol–water partition coefficient (Wildman–Crippen LogP) is 3.29. The van der Waals surface area contributed by atoms with Crippen molar-refractivity contribution in [2.45, 2.75) is 45.3 Å². The highest BCUT2D eigenvalue weighted by atomic mass is 19.1. The molecule has 2 aromatic rings. The van der Waals surface area contributed by atoms with E-state index in [0.717, 1.165) is 23.3 Å². The van der Waals surface area contributed by atoms with Crippen LogP contribution < -0.4 is 20.1 Å². The van der Waals surface area contributed by atoms with Crippen LogP contribution in [-0.2, 0) is 22.6 Å². The van der Waals surface area contributed by atoms with Gasteiger partial charge in [-0.2, -0.15) is 0 Å². The molecule has 0 aromatic heterocycles. The molecule has 2 aliphatic rings. The second-order valence-electron chi connectivity index (χ2n) is 7.39. The Morgan fingerprint density at radius 3 is 2.93 bits per heavy atom. The lowest BCUT2D eigenvalue weighted by molar-refractivity contribution is -0.126. The second kappa shape index (κ2) is 7.73. The molecule has 0 bridgehead atoms. The third-order valence-electron chi connectivity index (χ3n) is 5.20. The van der Waals surface area contributed by atoms with E-state index in [9.17, 15) is 14.0 Å². The van der Waals surface area contributed by atoms with Crippen molar-refractivity contribution in [3.8, 4) is 11.5 Å². The maximum atomic E-state index is 13.5. The van der Waals surface area contributed by atoms with Crippen LogP contribution in [-0.4, -0.2) is 24.5 Å². The Hall–Kier alpha value is -3.09. The zero-order valence-electron chi connectivity index (χ0n) is 16.4. The Bertz CT molecular complexity index is 976. The third kappa shape index (κ3) is 3.90. The van der Waals surface area contributed by atoms with E-state index in [4.69, 9.17) is 9.47 Å². The molecule has 0 fully saturated rings. The van der Waals surface area contributed by atoms with Crippen LogP contribution in [0.25, 0.3) is 0 Å². The number of halogens is 1. The normalized spacial score (nSPS) is 19.6. The van der Waals surface area contributed by atoms with Crippen molar-refractivity contribution in [3.63, 3.8) is 0 Å². The van der Waals surface area contributed by atoms with Crippen molar-refractivity contribution in [1.82, 2.24) is 5.32 Å². The van der Waals surface area contributed by atoms with E-state index in [0.29, 0.717) is 23.6 Å². The highest BCUT2D eigenvalue weighted by Crippen LogP contribution is 2.36. The van der Waals surface area contributed by atoms with Gasteiger partial charge in [0.25, 0.3) is 0 Å². The number of anilines is 1. The van der Waals surface area contributed by atoms with Crippen LogP contribution in [0.4, 0.5) is 10.1 Å². The number of amides is 2. The van der Waals surface area contributed by atoms with E-state index in [1.165, 1.54) is 12.1 Å². The molecule has 2 N–H and O–H groups in total. The summed E-state index contributed by atoms with van der Waals surface area (Å²) in [6.45, 7) is 4.67. The van der Waals surface area contributed by atoms with Gasteiger partial charge in [-0.3, -0.25) is 9.59 Å². The molecule has 2 aliphatic heterocycles. The molecule has 0 saturated heterocycles. The fourth-order valence-corrected chi connectivity index (χ4v) is 3.89. The summed E-state index contributed by atoms with van der Waals surface area (Å²) >= 11 is 0. The first-order valence-electron chi connectivity index (χ1n) is 9.77. The van der Waals surface area contributed by atoms with Gasteiger partial charge in [0, 0.05) is 36.2 Å². The molecule has 2 atom stereocenters. The number of fused-ring (bicyclic) bond motifs is 2. The summed E-state index contributed by atoms with van der Waals surface area (Å²) in [6, 6.07) is 7.95. The Kier molecular flexibility index (Phi) is 5.13. The molecule has 0 radical (unpaired) electrons. The molecule has 7 heteroatoms. The first kappa shape index (κ1) is 19.2. The van der Waals surface area contributed by atoms with Gasteiger partial charge in [0.1, 0.15) is 23.4 Å². The topological polar surface area (TPSA) is 76.7 Å². The van der Waals surface area contributed by atoms with Gasteiger partial charge >= 0.3 is 0 Å². The Morgan fingerprint density at radius 1 is 1.31 bits per heavy atom. The quantitative estimate of drug-likeness (QED) is 0.810. The largest absolute Gasteiger partial charge is 0.494 e. The molecule has 0 saturated carbocycles. The number of carbonyl (C=O) groups is 2. The van der Waals surface area contributed by atoms with Gasteiger partial charge in [0.15, 0.2) is 0 Å². The molecule has 0 spiro atoms. The molecule has 0 aliphatic carbocycles. The minimum absolute atomic E-state index is 0.0214. The van der Waals surface area contributed by atoms with E-state index >= 15 is 0 Å². The molecule has 29 heavy (non-hydrogen) atoms. The van der Waals surface area contributed by atoms with Crippen LogP contribution in [0.5, 0.6) is 11.5 Å². The zero-order valence-corrected chi connectivity index (χ0v) is 16.4. The summed E-state index contributed by atoms with van der Waals surface area (Å²) in [6.07, 6.45) is 0.960. The molecule has 4 rings (SSSR count). The highest BCUT2D eigenvalue weighted by molar-refractivity contribution is 6.01. The molecule has 152 valence electrons. The third-order valence-corrected chi connectivity index (χ3v) is 5.20. The maximum Gasteiger partial charge on any atom is 0.228 e. The summed E-state index contributed by atoms with van der Waals surface area (Å²) < 4.78 is 25.1. The molecule has 2 amide bonds. The van der Waals surface area contributed by atoms with Crippen LogP contribution >= 0.6 is 0 Å². The summed E-state index contributed by atoms with van der Waals surface area (Å²) in [5.74, 6) is -0.196. The van der Waals surface area contributed by atoms with Crippen molar-refractivity contribution in [2.24, 2.45) is 0 Å². The monoisotopic (exact) mass is 398 g/mol. The van der Waals surface area contributed by atoms with Crippen LogP contribution in [0, 0.1) is 5.82 Å². The zero-order chi connectivity index (χ0) is 20.5. The van der Waals surface area contributed by atoms with Crippen molar-refractivity contribution in [1.29, 1.82) is 0 Å². The first-order valence-corrected chi connectivity index (χ1v) is 9.77. The number of hydrogen-bond donors (Lipinski definition) is 2. The molecule has 2 heterocycles. The van der Waals surface area contributed by atoms with E-state index in [1.54, 1.807) is 6.07 Å². The van der Waals surface area contributed by atoms with Crippen molar-refractivity contribution >= 4 is 17.5 Å². The minimum atomic E-state index is -0.666. The van der Waals surface area contributed by atoms with Crippen molar-refractivity contribution in [3.05, 3.63) is 52.8 Å². The van der Waals surface area contributed by atoms with Crippen LogP contribution in [0.15, 0.2) is 30.3 Å². The summed E-state index contributed by atoms with van der Waals surface area (Å²) in [4.78, 5) is 24.8. The molecular weight excluding hydrogens is 375 g/mol. The molecule has 0 unspecified atom stereocenters. The molecule has 2 aromatic carbocycles. The Labute approximate surface area is 168 Å². The van der Waals surface area contributed by atoms with Crippen LogP contribution in [0.2, 0.25) is 0 Å². The lowest BCUT2D eigenvalue weighted by atomic mass is 9.89.